The summed E-state index contributed by atoms with van der Waals surface area (Å²) in [6.45, 7) is 3.43. The summed E-state index contributed by atoms with van der Waals surface area (Å²) in [5.41, 5.74) is 6.62. The van der Waals surface area contributed by atoms with Crippen molar-refractivity contribution in [1.82, 2.24) is 4.57 Å². The van der Waals surface area contributed by atoms with Crippen LogP contribution in [0.1, 0.15) is 42.6 Å². The number of aromatic nitrogens is 1. The van der Waals surface area contributed by atoms with Crippen LogP contribution in [-0.2, 0) is 4.74 Å². The Morgan fingerprint density at radius 2 is 2.14 bits per heavy atom. The molecule has 2 aliphatic heterocycles. The minimum Gasteiger partial charge on any atom is -0.487 e. The molecule has 2 N–H and O–H groups in total. The second-order valence-electron chi connectivity index (χ2n) is 8.52. The van der Waals surface area contributed by atoms with Gasteiger partial charge in [-0.15, -0.1) is 0 Å². The minimum atomic E-state index is -0.731. The molecule has 154 valence electrons. The molecule has 0 bridgehead atoms. The van der Waals surface area contributed by atoms with Crippen molar-refractivity contribution >= 4 is 22.6 Å². The highest BCUT2D eigenvalue weighted by atomic mass is 19.1. The molecule has 1 aliphatic carbocycles. The number of methoxy groups -OCH3 is 1. The van der Waals surface area contributed by atoms with Gasteiger partial charge in [0.05, 0.1) is 18.7 Å². The SMILES string of the molecule is COC(=O)c1cc2cc(F)c(N3CC[C@@H](C4(N)CC4)C3)c3c2n(c1=O)[C@@H](C)CO3. The molecule has 5 rings (SSSR count). The number of hydrogen-bond donors (Lipinski definition) is 1. The Morgan fingerprint density at radius 1 is 1.38 bits per heavy atom. The predicted octanol–water partition coefficient (Wildman–Crippen LogP) is 2.20. The smallest absolute Gasteiger partial charge is 0.343 e. The number of halogens is 1. The molecule has 1 aromatic heterocycles. The fraction of sp³-hybridized carbons (Fsp3) is 0.524. The molecule has 3 heterocycles. The molecule has 8 heteroatoms. The van der Waals surface area contributed by atoms with Crippen LogP contribution in [0.15, 0.2) is 16.9 Å². The van der Waals surface area contributed by atoms with Gasteiger partial charge in [-0.05, 0) is 44.2 Å². The van der Waals surface area contributed by atoms with E-state index in [1.54, 1.807) is 0 Å². The number of esters is 1. The normalized spacial score (nSPS) is 24.5. The summed E-state index contributed by atoms with van der Waals surface area (Å²) in [7, 11) is 1.22. The van der Waals surface area contributed by atoms with Crippen LogP contribution in [0.5, 0.6) is 5.75 Å². The van der Waals surface area contributed by atoms with Crippen LogP contribution in [0, 0.1) is 11.7 Å². The highest BCUT2D eigenvalue weighted by molar-refractivity contribution is 5.98. The summed E-state index contributed by atoms with van der Waals surface area (Å²) in [5.74, 6) is -0.457. The van der Waals surface area contributed by atoms with Gasteiger partial charge < -0.3 is 20.1 Å². The van der Waals surface area contributed by atoms with Gasteiger partial charge in [0.2, 0.25) is 0 Å². The first-order valence-corrected chi connectivity index (χ1v) is 10.0. The van der Waals surface area contributed by atoms with Crippen molar-refractivity contribution in [3.05, 3.63) is 33.9 Å². The van der Waals surface area contributed by atoms with Gasteiger partial charge in [0.25, 0.3) is 5.56 Å². The van der Waals surface area contributed by atoms with Crippen LogP contribution in [0.25, 0.3) is 10.9 Å². The highest BCUT2D eigenvalue weighted by Gasteiger charge is 2.48. The molecule has 0 amide bonds. The number of nitrogens with zero attached hydrogens (tertiary/aromatic N) is 2. The Morgan fingerprint density at radius 3 is 2.83 bits per heavy atom. The topological polar surface area (TPSA) is 86.8 Å². The molecule has 0 spiro atoms. The van der Waals surface area contributed by atoms with E-state index in [0.717, 1.165) is 19.3 Å². The second-order valence-corrected chi connectivity index (χ2v) is 8.52. The van der Waals surface area contributed by atoms with Crippen LogP contribution < -0.4 is 20.9 Å². The first-order valence-electron chi connectivity index (χ1n) is 10.0. The van der Waals surface area contributed by atoms with E-state index in [1.165, 1.54) is 23.8 Å². The van der Waals surface area contributed by atoms with Crippen LogP contribution in [0.3, 0.4) is 0 Å². The van der Waals surface area contributed by atoms with Crippen LogP contribution in [-0.4, -0.2) is 42.9 Å². The fourth-order valence-electron chi connectivity index (χ4n) is 4.80. The van der Waals surface area contributed by atoms with Gasteiger partial charge in [0.15, 0.2) is 11.6 Å². The number of hydrogen-bond acceptors (Lipinski definition) is 6. The molecule has 2 atom stereocenters. The predicted molar refractivity (Wildman–Crippen MR) is 106 cm³/mol. The first kappa shape index (κ1) is 18.4. The maximum atomic E-state index is 15.3. The van der Waals surface area contributed by atoms with E-state index in [0.29, 0.717) is 41.3 Å². The lowest BCUT2D eigenvalue weighted by Crippen LogP contribution is -2.36. The number of ether oxygens (including phenoxy) is 2. The lowest BCUT2D eigenvalue weighted by Gasteiger charge is -2.31. The second kappa shape index (κ2) is 6.19. The lowest BCUT2D eigenvalue weighted by molar-refractivity contribution is 0.0597. The number of carbonyl (C=O) groups excluding carboxylic acids is 1. The zero-order valence-electron chi connectivity index (χ0n) is 16.5. The zero-order chi connectivity index (χ0) is 20.5. The van der Waals surface area contributed by atoms with E-state index >= 15 is 4.39 Å². The first-order chi connectivity index (χ1) is 13.8. The monoisotopic (exact) mass is 401 g/mol. The number of benzene rings is 1. The van der Waals surface area contributed by atoms with Crippen LogP contribution >= 0.6 is 0 Å². The number of rotatable bonds is 3. The molecule has 1 saturated heterocycles. The lowest BCUT2D eigenvalue weighted by atomic mass is 9.97. The minimum absolute atomic E-state index is 0.105. The van der Waals surface area contributed by atoms with Crippen molar-refractivity contribution in [1.29, 1.82) is 0 Å². The largest absolute Gasteiger partial charge is 0.487 e. The number of anilines is 1. The van der Waals surface area contributed by atoms with Gasteiger partial charge >= 0.3 is 5.97 Å². The molecule has 1 aromatic carbocycles. The van der Waals surface area contributed by atoms with Crippen molar-refractivity contribution < 1.29 is 18.7 Å². The molecule has 2 fully saturated rings. The molecular formula is C21H24FN3O4. The van der Waals surface area contributed by atoms with Gasteiger partial charge in [-0.25, -0.2) is 9.18 Å². The third kappa shape index (κ3) is 2.65. The molecular weight excluding hydrogens is 377 g/mol. The van der Waals surface area contributed by atoms with Crippen molar-refractivity contribution in [2.24, 2.45) is 11.7 Å². The Hall–Kier alpha value is -2.61. The Bertz CT molecular complexity index is 1090. The van der Waals surface area contributed by atoms with Crippen LogP contribution in [0.2, 0.25) is 0 Å². The Balaban J connectivity index is 1.69. The summed E-state index contributed by atoms with van der Waals surface area (Å²) in [4.78, 5) is 27.1. The van der Waals surface area contributed by atoms with Crippen molar-refractivity contribution in [2.75, 3.05) is 31.7 Å². The molecule has 0 unspecified atom stereocenters. The Labute approximate surface area is 167 Å². The quantitative estimate of drug-likeness (QED) is 0.794. The third-order valence-corrected chi connectivity index (χ3v) is 6.66. The molecule has 3 aliphatic rings. The Kier molecular flexibility index (Phi) is 3.93. The van der Waals surface area contributed by atoms with Gasteiger partial charge in [0, 0.05) is 24.0 Å². The maximum absolute atomic E-state index is 15.3. The average molecular weight is 401 g/mol. The van der Waals surface area contributed by atoms with Gasteiger partial charge in [-0.1, -0.05) is 0 Å². The third-order valence-electron chi connectivity index (χ3n) is 6.66. The summed E-state index contributed by atoms with van der Waals surface area (Å²) in [5, 5.41) is 0.445. The van der Waals surface area contributed by atoms with Crippen LogP contribution in [0.4, 0.5) is 10.1 Å². The van der Waals surface area contributed by atoms with Gasteiger partial charge in [-0.2, -0.15) is 0 Å². The summed E-state index contributed by atoms with van der Waals surface area (Å²) >= 11 is 0. The van der Waals surface area contributed by atoms with Gasteiger partial charge in [-0.3, -0.25) is 9.36 Å². The van der Waals surface area contributed by atoms with Crippen molar-refractivity contribution in [2.45, 2.75) is 37.8 Å². The maximum Gasteiger partial charge on any atom is 0.343 e. The summed E-state index contributed by atoms with van der Waals surface area (Å²) in [6.07, 6.45) is 2.95. The van der Waals surface area contributed by atoms with E-state index in [4.69, 9.17) is 15.2 Å². The van der Waals surface area contributed by atoms with E-state index in [9.17, 15) is 9.59 Å². The van der Waals surface area contributed by atoms with E-state index < -0.39 is 17.3 Å². The van der Waals surface area contributed by atoms with Crippen molar-refractivity contribution in [3.63, 3.8) is 0 Å². The number of carbonyl (C=O) groups is 1. The van der Waals surface area contributed by atoms with Gasteiger partial charge in [0.1, 0.15) is 17.9 Å². The number of nitrogens with two attached hydrogens (primary N) is 1. The molecule has 29 heavy (non-hydrogen) atoms. The van der Waals surface area contributed by atoms with Crippen molar-refractivity contribution in [3.8, 4) is 5.75 Å². The number of pyridine rings is 1. The molecule has 0 radical (unpaired) electrons. The molecule has 7 nitrogen and oxygen atoms in total. The molecule has 2 aromatic rings. The standard InChI is InChI=1S/C21H24FN3O4/c1-11-10-29-18-16-12(7-14(20(27)28-2)19(26)25(11)16)8-15(22)17(18)24-6-3-13(9-24)21(23)4-5-21/h7-8,11,13H,3-6,9-10,23H2,1-2H3/t11-,13+/m0/s1. The van der Waals surface area contributed by atoms with E-state index in [2.05, 4.69) is 0 Å². The highest BCUT2D eigenvalue weighted by Crippen LogP contribution is 2.48. The summed E-state index contributed by atoms with van der Waals surface area (Å²) < 4.78 is 27.5. The zero-order valence-corrected chi connectivity index (χ0v) is 16.5. The average Bonchev–Trinajstić information content (AvgIpc) is 3.25. The van der Waals surface area contributed by atoms with E-state index in [-0.39, 0.29) is 23.8 Å². The summed E-state index contributed by atoms with van der Waals surface area (Å²) in [6, 6.07) is 2.48. The fourth-order valence-corrected chi connectivity index (χ4v) is 4.80. The van der Waals surface area contributed by atoms with E-state index in [1.807, 2.05) is 11.8 Å². The molecule has 1 saturated carbocycles.